The Balaban J connectivity index is 1.55. The van der Waals surface area contributed by atoms with Gasteiger partial charge in [-0.05, 0) is 61.2 Å². The molecule has 0 aliphatic rings. The summed E-state index contributed by atoms with van der Waals surface area (Å²) >= 11 is 1.65. The maximum atomic E-state index is 12.7. The highest BCUT2D eigenvalue weighted by Crippen LogP contribution is 2.26. The summed E-state index contributed by atoms with van der Waals surface area (Å²) in [6.07, 6.45) is 0.949. The molecule has 0 spiro atoms. The van der Waals surface area contributed by atoms with Crippen LogP contribution in [0.4, 0.5) is 0 Å². The van der Waals surface area contributed by atoms with Crippen molar-refractivity contribution in [1.29, 1.82) is 0 Å². The lowest BCUT2D eigenvalue weighted by molar-refractivity contribution is 0.0949. The molecule has 0 bridgehead atoms. The highest BCUT2D eigenvalue weighted by atomic mass is 32.2. The number of hydrogen-bond acceptors (Lipinski definition) is 4. The average Bonchev–Trinajstić information content (AvgIpc) is 3.25. The summed E-state index contributed by atoms with van der Waals surface area (Å²) in [5.41, 5.74) is 6.55. The number of rotatable bonds is 8. The first kappa shape index (κ1) is 22.8. The fourth-order valence-corrected chi connectivity index (χ4v) is 4.58. The lowest BCUT2D eigenvalue weighted by Gasteiger charge is -2.12. The van der Waals surface area contributed by atoms with E-state index >= 15 is 0 Å². The van der Waals surface area contributed by atoms with Crippen LogP contribution in [-0.2, 0) is 18.7 Å². The zero-order valence-electron chi connectivity index (χ0n) is 19.2. The van der Waals surface area contributed by atoms with Crippen LogP contribution >= 0.6 is 11.8 Å². The number of carbonyl (C=O) groups is 1. The molecule has 1 N–H and O–H groups in total. The molecule has 0 radical (unpaired) electrons. The van der Waals surface area contributed by atoms with Crippen molar-refractivity contribution < 1.29 is 4.79 Å². The topological polar surface area (TPSA) is 59.8 Å². The fourth-order valence-electron chi connectivity index (χ4n) is 3.53. The van der Waals surface area contributed by atoms with Crippen molar-refractivity contribution in [2.75, 3.05) is 0 Å². The van der Waals surface area contributed by atoms with E-state index in [1.54, 1.807) is 11.8 Å². The van der Waals surface area contributed by atoms with Gasteiger partial charge in [-0.2, -0.15) is 0 Å². The molecule has 5 nitrogen and oxygen atoms in total. The van der Waals surface area contributed by atoms with Gasteiger partial charge in [0.25, 0.3) is 5.91 Å². The summed E-state index contributed by atoms with van der Waals surface area (Å²) in [6.45, 7) is 6.57. The van der Waals surface area contributed by atoms with Gasteiger partial charge in [-0.15, -0.1) is 10.2 Å². The molecule has 0 saturated carbocycles. The molecule has 0 aliphatic heterocycles. The van der Waals surface area contributed by atoms with Crippen molar-refractivity contribution in [2.45, 2.75) is 44.6 Å². The van der Waals surface area contributed by atoms with E-state index in [1.165, 1.54) is 22.3 Å². The van der Waals surface area contributed by atoms with Crippen LogP contribution in [-0.4, -0.2) is 20.7 Å². The number of aryl methyl sites for hydroxylation is 3. The van der Waals surface area contributed by atoms with E-state index in [2.05, 4.69) is 84.8 Å². The van der Waals surface area contributed by atoms with Gasteiger partial charge < -0.3 is 5.32 Å². The second-order valence-corrected chi connectivity index (χ2v) is 8.96. The molecule has 0 aliphatic carbocycles. The predicted octanol–water partition coefficient (Wildman–Crippen LogP) is 5.67. The quantitative estimate of drug-likeness (QED) is 0.347. The fraction of sp³-hybridized carbons (Fsp3) is 0.222. The van der Waals surface area contributed by atoms with Gasteiger partial charge in [-0.1, -0.05) is 72.8 Å². The van der Waals surface area contributed by atoms with E-state index in [0.717, 1.165) is 23.0 Å². The Morgan fingerprint density at radius 2 is 1.67 bits per heavy atom. The van der Waals surface area contributed by atoms with Crippen LogP contribution < -0.4 is 5.32 Å². The molecule has 3 aromatic carbocycles. The molecule has 4 aromatic rings. The Hall–Kier alpha value is -3.38. The van der Waals surface area contributed by atoms with Crippen LogP contribution in [0.5, 0.6) is 0 Å². The molecule has 1 aromatic heterocycles. The minimum Gasteiger partial charge on any atom is -0.345 e. The Morgan fingerprint density at radius 1 is 0.939 bits per heavy atom. The zero-order valence-corrected chi connectivity index (χ0v) is 20.0. The first-order valence-electron chi connectivity index (χ1n) is 11.1. The van der Waals surface area contributed by atoms with Crippen molar-refractivity contribution in [3.63, 3.8) is 0 Å². The van der Waals surface area contributed by atoms with Crippen molar-refractivity contribution >= 4 is 17.7 Å². The van der Waals surface area contributed by atoms with E-state index in [1.807, 2.05) is 28.8 Å². The normalized spacial score (nSPS) is 10.9. The van der Waals surface area contributed by atoms with Crippen LogP contribution in [0.3, 0.4) is 0 Å². The summed E-state index contributed by atoms with van der Waals surface area (Å²) in [7, 11) is 0. The second-order valence-electron chi connectivity index (χ2n) is 8.02. The van der Waals surface area contributed by atoms with Crippen LogP contribution in [0.2, 0.25) is 0 Å². The minimum atomic E-state index is -0.120. The first-order chi connectivity index (χ1) is 16.0. The van der Waals surface area contributed by atoms with Crippen LogP contribution in [0.1, 0.15) is 45.4 Å². The standard InChI is InChI=1S/C27H28N4OS/c1-4-21-11-13-22(14-12-21)26(32)28-17-25-29-30-27(31(25)24-15-9-19(2)10-16-24)33-18-23-8-6-5-7-20(23)3/h5-16H,4,17-18H2,1-3H3,(H,28,32). The maximum Gasteiger partial charge on any atom is 0.251 e. The van der Waals surface area contributed by atoms with Crippen molar-refractivity contribution in [3.8, 4) is 5.69 Å². The number of nitrogens with one attached hydrogen (secondary N) is 1. The van der Waals surface area contributed by atoms with E-state index < -0.39 is 0 Å². The Morgan fingerprint density at radius 3 is 2.36 bits per heavy atom. The molecule has 1 amide bonds. The van der Waals surface area contributed by atoms with Crippen LogP contribution in [0.15, 0.2) is 78.0 Å². The Kier molecular flexibility index (Phi) is 7.25. The molecular weight excluding hydrogens is 428 g/mol. The Bertz CT molecular complexity index is 1230. The van der Waals surface area contributed by atoms with E-state index in [0.29, 0.717) is 17.9 Å². The minimum absolute atomic E-state index is 0.120. The lowest BCUT2D eigenvalue weighted by atomic mass is 10.1. The Labute approximate surface area is 199 Å². The molecule has 0 unspecified atom stereocenters. The van der Waals surface area contributed by atoms with Crippen molar-refractivity contribution in [2.24, 2.45) is 0 Å². The summed E-state index contributed by atoms with van der Waals surface area (Å²) in [5, 5.41) is 12.7. The van der Waals surface area contributed by atoms with Gasteiger partial charge in [0.15, 0.2) is 11.0 Å². The predicted molar refractivity (Wildman–Crippen MR) is 134 cm³/mol. The van der Waals surface area contributed by atoms with E-state index in [-0.39, 0.29) is 5.91 Å². The molecule has 33 heavy (non-hydrogen) atoms. The number of hydrogen-bond donors (Lipinski definition) is 1. The van der Waals surface area contributed by atoms with Gasteiger partial charge in [0.2, 0.25) is 0 Å². The molecule has 0 saturated heterocycles. The summed E-state index contributed by atoms with van der Waals surface area (Å²) in [5.74, 6) is 1.38. The summed E-state index contributed by atoms with van der Waals surface area (Å²) in [4.78, 5) is 12.7. The molecule has 4 rings (SSSR count). The largest absolute Gasteiger partial charge is 0.345 e. The average molecular weight is 457 g/mol. The molecule has 0 fully saturated rings. The van der Waals surface area contributed by atoms with Gasteiger partial charge in [0, 0.05) is 17.0 Å². The van der Waals surface area contributed by atoms with Gasteiger partial charge in [0.05, 0.1) is 6.54 Å². The highest BCUT2D eigenvalue weighted by Gasteiger charge is 2.16. The molecule has 0 atom stereocenters. The van der Waals surface area contributed by atoms with Crippen molar-refractivity contribution in [3.05, 3.63) is 106 Å². The number of benzene rings is 3. The molecular formula is C27H28N4OS. The number of nitrogens with zero attached hydrogens (tertiary/aromatic N) is 3. The van der Waals surface area contributed by atoms with Gasteiger partial charge in [-0.25, -0.2) is 0 Å². The van der Waals surface area contributed by atoms with Crippen LogP contribution in [0.25, 0.3) is 5.69 Å². The third kappa shape index (κ3) is 5.52. The van der Waals surface area contributed by atoms with Gasteiger partial charge in [-0.3, -0.25) is 9.36 Å². The smallest absolute Gasteiger partial charge is 0.251 e. The van der Waals surface area contributed by atoms with E-state index in [9.17, 15) is 4.79 Å². The maximum absolute atomic E-state index is 12.7. The third-order valence-corrected chi connectivity index (χ3v) is 6.62. The SMILES string of the molecule is CCc1ccc(C(=O)NCc2nnc(SCc3ccccc3C)n2-c2ccc(C)cc2)cc1. The van der Waals surface area contributed by atoms with Crippen LogP contribution in [0, 0.1) is 13.8 Å². The second kappa shape index (κ2) is 10.5. The van der Waals surface area contributed by atoms with Gasteiger partial charge >= 0.3 is 0 Å². The van der Waals surface area contributed by atoms with Gasteiger partial charge in [0.1, 0.15) is 0 Å². The van der Waals surface area contributed by atoms with E-state index in [4.69, 9.17) is 0 Å². The summed E-state index contributed by atoms with van der Waals surface area (Å²) in [6, 6.07) is 24.3. The first-order valence-corrected chi connectivity index (χ1v) is 12.1. The summed E-state index contributed by atoms with van der Waals surface area (Å²) < 4.78 is 2.03. The number of carbonyl (C=O) groups excluding carboxylic acids is 1. The number of aromatic nitrogens is 3. The number of thioether (sulfide) groups is 1. The molecule has 6 heteroatoms. The molecule has 1 heterocycles. The lowest BCUT2D eigenvalue weighted by Crippen LogP contribution is -2.24. The number of amides is 1. The highest BCUT2D eigenvalue weighted by molar-refractivity contribution is 7.98. The zero-order chi connectivity index (χ0) is 23.2. The molecule has 168 valence electrons. The third-order valence-electron chi connectivity index (χ3n) is 5.64. The monoisotopic (exact) mass is 456 g/mol. The van der Waals surface area contributed by atoms with Crippen molar-refractivity contribution in [1.82, 2.24) is 20.1 Å².